The zero-order chi connectivity index (χ0) is 17.5. The van der Waals surface area contributed by atoms with Gasteiger partial charge in [0.05, 0.1) is 6.61 Å². The minimum atomic E-state index is -0.394. The number of nitrogens with zero attached hydrogens (tertiary/aromatic N) is 1. The van der Waals surface area contributed by atoms with Crippen molar-refractivity contribution in [3.63, 3.8) is 0 Å². The molecule has 2 aromatic carbocycles. The van der Waals surface area contributed by atoms with Crippen molar-refractivity contribution in [2.45, 2.75) is 26.0 Å². The third-order valence-electron chi connectivity index (χ3n) is 4.02. The van der Waals surface area contributed by atoms with Gasteiger partial charge in [0, 0.05) is 25.2 Å². The third-order valence-corrected chi connectivity index (χ3v) is 4.02. The van der Waals surface area contributed by atoms with Crippen LogP contribution >= 0.6 is 0 Å². The Balaban J connectivity index is 1.40. The molecule has 2 N–H and O–H groups in total. The van der Waals surface area contributed by atoms with E-state index in [1.54, 1.807) is 4.90 Å². The maximum Gasteiger partial charge on any atom is 0.338 e. The predicted octanol–water partition coefficient (Wildman–Crippen LogP) is 2.74. The van der Waals surface area contributed by atoms with Crippen molar-refractivity contribution in [3.05, 3.63) is 65.7 Å². The fraction of sp³-hybridized carbons (Fsp3) is 0.263. The van der Waals surface area contributed by atoms with E-state index in [0.717, 1.165) is 29.8 Å². The standard InChI is InChI=1S/C19H21N3O3/c23-18-7-4-12-22(18)17-10-8-15(9-11-17)13-20-19(24)21-25-14-16-5-2-1-3-6-16/h1-3,5-6,8-11H,4,7,12-14H2,(H2,20,21,24). The number of benzene rings is 2. The lowest BCUT2D eigenvalue weighted by atomic mass is 10.2. The van der Waals surface area contributed by atoms with Crippen LogP contribution in [0.2, 0.25) is 0 Å². The Morgan fingerprint density at radius 1 is 1.04 bits per heavy atom. The SMILES string of the molecule is O=C(NCc1ccc(N2CCCC2=O)cc1)NOCc1ccccc1. The van der Waals surface area contributed by atoms with E-state index >= 15 is 0 Å². The van der Waals surface area contributed by atoms with Gasteiger partial charge in [-0.25, -0.2) is 10.3 Å². The van der Waals surface area contributed by atoms with E-state index < -0.39 is 6.03 Å². The summed E-state index contributed by atoms with van der Waals surface area (Å²) in [5, 5.41) is 2.73. The fourth-order valence-electron chi connectivity index (χ4n) is 2.69. The molecular formula is C19H21N3O3. The summed E-state index contributed by atoms with van der Waals surface area (Å²) in [4.78, 5) is 30.4. The van der Waals surface area contributed by atoms with E-state index in [1.807, 2.05) is 54.6 Å². The number of carbonyl (C=O) groups is 2. The maximum atomic E-state index is 11.7. The molecule has 3 rings (SSSR count). The Kier molecular flexibility index (Phi) is 5.64. The van der Waals surface area contributed by atoms with Gasteiger partial charge in [0.25, 0.3) is 0 Å². The molecule has 0 radical (unpaired) electrons. The van der Waals surface area contributed by atoms with Crippen LogP contribution < -0.4 is 15.7 Å². The second-order valence-electron chi connectivity index (χ2n) is 5.87. The normalized spacial score (nSPS) is 13.8. The molecule has 3 amide bonds. The molecule has 25 heavy (non-hydrogen) atoms. The summed E-state index contributed by atoms with van der Waals surface area (Å²) in [5.74, 6) is 0.167. The lowest BCUT2D eigenvalue weighted by molar-refractivity contribution is -0.117. The molecule has 1 heterocycles. The molecular weight excluding hydrogens is 318 g/mol. The minimum absolute atomic E-state index is 0.167. The van der Waals surface area contributed by atoms with Gasteiger partial charge in [-0.1, -0.05) is 42.5 Å². The van der Waals surface area contributed by atoms with Crippen LogP contribution in [-0.2, 0) is 22.8 Å². The summed E-state index contributed by atoms with van der Waals surface area (Å²) in [6.45, 7) is 1.47. The molecule has 1 aliphatic rings. The van der Waals surface area contributed by atoms with Gasteiger partial charge in [-0.15, -0.1) is 0 Å². The molecule has 0 bridgehead atoms. The average Bonchev–Trinajstić information content (AvgIpc) is 3.07. The van der Waals surface area contributed by atoms with Crippen molar-refractivity contribution in [1.29, 1.82) is 0 Å². The van der Waals surface area contributed by atoms with E-state index in [4.69, 9.17) is 4.84 Å². The number of urea groups is 1. The number of carbonyl (C=O) groups excluding carboxylic acids is 2. The molecule has 130 valence electrons. The highest BCUT2D eigenvalue weighted by molar-refractivity contribution is 5.95. The van der Waals surface area contributed by atoms with Gasteiger partial charge in [0.15, 0.2) is 0 Å². The smallest absolute Gasteiger partial charge is 0.332 e. The molecule has 0 aliphatic carbocycles. The average molecular weight is 339 g/mol. The van der Waals surface area contributed by atoms with E-state index in [9.17, 15) is 9.59 Å². The number of amides is 3. The van der Waals surface area contributed by atoms with Crippen LogP contribution in [0.1, 0.15) is 24.0 Å². The van der Waals surface area contributed by atoms with Crippen molar-refractivity contribution >= 4 is 17.6 Å². The first-order chi connectivity index (χ1) is 12.2. The summed E-state index contributed by atoms with van der Waals surface area (Å²) < 4.78 is 0. The van der Waals surface area contributed by atoms with Crippen molar-refractivity contribution in [2.24, 2.45) is 0 Å². The number of nitrogens with one attached hydrogen (secondary N) is 2. The highest BCUT2D eigenvalue weighted by Crippen LogP contribution is 2.21. The molecule has 1 aliphatic heterocycles. The van der Waals surface area contributed by atoms with Crippen LogP contribution in [0.5, 0.6) is 0 Å². The van der Waals surface area contributed by atoms with Crippen LogP contribution in [0, 0.1) is 0 Å². The number of anilines is 1. The Hall–Kier alpha value is -2.86. The van der Waals surface area contributed by atoms with Crippen LogP contribution in [0.4, 0.5) is 10.5 Å². The van der Waals surface area contributed by atoms with Gasteiger partial charge in [-0.3, -0.25) is 9.63 Å². The summed E-state index contributed by atoms with van der Waals surface area (Å²) in [6, 6.07) is 16.8. The van der Waals surface area contributed by atoms with E-state index in [2.05, 4.69) is 10.8 Å². The Morgan fingerprint density at radius 3 is 2.48 bits per heavy atom. The first kappa shape index (κ1) is 17.0. The molecule has 2 aromatic rings. The largest absolute Gasteiger partial charge is 0.338 e. The van der Waals surface area contributed by atoms with Crippen molar-refractivity contribution in [3.8, 4) is 0 Å². The Labute approximate surface area is 146 Å². The molecule has 0 atom stereocenters. The predicted molar refractivity (Wildman–Crippen MR) is 94.6 cm³/mol. The fourth-order valence-corrected chi connectivity index (χ4v) is 2.69. The van der Waals surface area contributed by atoms with Crippen molar-refractivity contribution in [1.82, 2.24) is 10.8 Å². The molecule has 0 aromatic heterocycles. The summed E-state index contributed by atoms with van der Waals surface area (Å²) in [7, 11) is 0. The highest BCUT2D eigenvalue weighted by atomic mass is 16.7. The number of rotatable bonds is 6. The molecule has 0 spiro atoms. The zero-order valence-corrected chi connectivity index (χ0v) is 13.9. The van der Waals surface area contributed by atoms with Gasteiger partial charge >= 0.3 is 6.03 Å². The molecule has 6 nitrogen and oxygen atoms in total. The number of hydroxylamine groups is 1. The van der Waals surface area contributed by atoms with Gasteiger partial charge < -0.3 is 10.2 Å². The van der Waals surface area contributed by atoms with Crippen molar-refractivity contribution in [2.75, 3.05) is 11.4 Å². The number of hydrogen-bond acceptors (Lipinski definition) is 3. The molecule has 6 heteroatoms. The van der Waals surface area contributed by atoms with Crippen LogP contribution in [0.3, 0.4) is 0 Å². The molecule has 1 saturated heterocycles. The molecule has 1 fully saturated rings. The van der Waals surface area contributed by atoms with E-state index in [-0.39, 0.29) is 5.91 Å². The molecule has 0 saturated carbocycles. The zero-order valence-electron chi connectivity index (χ0n) is 13.9. The van der Waals surface area contributed by atoms with E-state index in [1.165, 1.54) is 0 Å². The van der Waals surface area contributed by atoms with Crippen LogP contribution in [-0.4, -0.2) is 18.5 Å². The highest BCUT2D eigenvalue weighted by Gasteiger charge is 2.21. The summed E-state index contributed by atoms with van der Waals surface area (Å²) in [5.41, 5.74) is 5.20. The molecule has 0 unspecified atom stereocenters. The van der Waals surface area contributed by atoms with Gasteiger partial charge in [0.1, 0.15) is 0 Å². The topological polar surface area (TPSA) is 70.7 Å². The lowest BCUT2D eigenvalue weighted by Gasteiger charge is -2.16. The van der Waals surface area contributed by atoms with Crippen LogP contribution in [0.15, 0.2) is 54.6 Å². The number of hydrogen-bond donors (Lipinski definition) is 2. The van der Waals surface area contributed by atoms with Gasteiger partial charge in [0.2, 0.25) is 5.91 Å². The van der Waals surface area contributed by atoms with E-state index in [0.29, 0.717) is 19.6 Å². The summed E-state index contributed by atoms with van der Waals surface area (Å²) >= 11 is 0. The van der Waals surface area contributed by atoms with Crippen molar-refractivity contribution < 1.29 is 14.4 Å². The first-order valence-electron chi connectivity index (χ1n) is 8.31. The second kappa shape index (κ2) is 8.30. The third kappa shape index (κ3) is 4.81. The quantitative estimate of drug-likeness (QED) is 0.795. The summed E-state index contributed by atoms with van der Waals surface area (Å²) in [6.07, 6.45) is 1.53. The Bertz CT molecular complexity index is 716. The van der Waals surface area contributed by atoms with Crippen LogP contribution in [0.25, 0.3) is 0 Å². The first-order valence-corrected chi connectivity index (χ1v) is 8.31. The van der Waals surface area contributed by atoms with Gasteiger partial charge in [-0.2, -0.15) is 0 Å². The van der Waals surface area contributed by atoms with Gasteiger partial charge in [-0.05, 0) is 29.7 Å². The minimum Gasteiger partial charge on any atom is -0.332 e. The second-order valence-corrected chi connectivity index (χ2v) is 5.87. The monoisotopic (exact) mass is 339 g/mol. The lowest BCUT2D eigenvalue weighted by Crippen LogP contribution is -2.34. The Morgan fingerprint density at radius 2 is 1.80 bits per heavy atom. The maximum absolute atomic E-state index is 11.7.